The van der Waals surface area contributed by atoms with Gasteiger partial charge in [0, 0.05) is 6.08 Å². The second kappa shape index (κ2) is 9.48. The second-order valence-corrected chi connectivity index (χ2v) is 1.59. The standard InChI is InChI=1S/C4H6O2.C3H7NO2/c1-2-3-4(5)6;1-2-6-3(4)5/h2-3H,1H3,(H,5,6);2H2,1H3,(H2,4,5). The number of carboxylic acid groups (broad SMARTS) is 1. The Kier molecular flexibility index (Phi) is 10.3. The Labute approximate surface area is 70.8 Å². The lowest BCUT2D eigenvalue weighted by atomic mass is 10.5. The van der Waals surface area contributed by atoms with E-state index >= 15 is 0 Å². The third-order valence-corrected chi connectivity index (χ3v) is 0.596. The number of carbonyl (C=O) groups is 2. The van der Waals surface area contributed by atoms with Crippen LogP contribution in [0.3, 0.4) is 0 Å². The number of ether oxygens (including phenoxy) is 1. The average Bonchev–Trinajstić information content (AvgIpc) is 1.87. The molecule has 0 atom stereocenters. The predicted molar refractivity (Wildman–Crippen MR) is 43.7 cm³/mol. The molecule has 70 valence electrons. The predicted octanol–water partition coefficient (Wildman–Crippen LogP) is 0.749. The largest absolute Gasteiger partial charge is 0.478 e. The highest BCUT2D eigenvalue weighted by Crippen LogP contribution is 1.66. The van der Waals surface area contributed by atoms with Gasteiger partial charge in [0.2, 0.25) is 0 Å². The van der Waals surface area contributed by atoms with Crippen LogP contribution in [0.1, 0.15) is 13.8 Å². The van der Waals surface area contributed by atoms with Crippen LogP contribution in [-0.4, -0.2) is 23.8 Å². The molecule has 3 N–H and O–H groups in total. The lowest BCUT2D eigenvalue weighted by Gasteiger charge is -1.89. The summed E-state index contributed by atoms with van der Waals surface area (Å²) < 4.78 is 4.18. The minimum Gasteiger partial charge on any atom is -0.478 e. The smallest absolute Gasteiger partial charge is 0.404 e. The monoisotopic (exact) mass is 175 g/mol. The van der Waals surface area contributed by atoms with Crippen LogP contribution in [0.4, 0.5) is 4.79 Å². The summed E-state index contributed by atoms with van der Waals surface area (Å²) in [6.07, 6.45) is 1.85. The Balaban J connectivity index is 0. The van der Waals surface area contributed by atoms with Gasteiger partial charge in [-0.15, -0.1) is 0 Å². The number of allylic oxidation sites excluding steroid dienone is 1. The van der Waals surface area contributed by atoms with Gasteiger partial charge in [-0.25, -0.2) is 9.59 Å². The molecular weight excluding hydrogens is 162 g/mol. The lowest BCUT2D eigenvalue weighted by molar-refractivity contribution is -0.131. The van der Waals surface area contributed by atoms with Crippen molar-refractivity contribution in [3.63, 3.8) is 0 Å². The molecule has 5 heteroatoms. The first-order valence-corrected chi connectivity index (χ1v) is 3.32. The van der Waals surface area contributed by atoms with Crippen LogP contribution in [0.2, 0.25) is 0 Å². The normalized spacial score (nSPS) is 8.50. The van der Waals surface area contributed by atoms with E-state index < -0.39 is 12.1 Å². The quantitative estimate of drug-likeness (QED) is 0.606. The number of primary amides is 1. The van der Waals surface area contributed by atoms with Crippen LogP contribution in [0.15, 0.2) is 12.2 Å². The Morgan fingerprint density at radius 2 is 2.08 bits per heavy atom. The fourth-order valence-electron chi connectivity index (χ4n) is 0.285. The minimum absolute atomic E-state index is 0.356. The SMILES string of the molecule is CC=CC(=O)O.CCOC(N)=O. The summed E-state index contributed by atoms with van der Waals surface area (Å²) in [4.78, 5) is 19.1. The number of carboxylic acids is 1. The highest BCUT2D eigenvalue weighted by molar-refractivity contribution is 5.79. The summed E-state index contributed by atoms with van der Waals surface area (Å²) in [6.45, 7) is 3.72. The zero-order chi connectivity index (χ0) is 9.98. The highest BCUT2D eigenvalue weighted by Gasteiger charge is 1.82. The molecule has 0 aromatic heterocycles. The molecule has 5 nitrogen and oxygen atoms in total. The van der Waals surface area contributed by atoms with Crippen LogP contribution >= 0.6 is 0 Å². The van der Waals surface area contributed by atoms with Crippen LogP contribution in [-0.2, 0) is 9.53 Å². The van der Waals surface area contributed by atoms with Crippen LogP contribution in [0.25, 0.3) is 0 Å². The van der Waals surface area contributed by atoms with Crippen molar-refractivity contribution < 1.29 is 19.4 Å². The highest BCUT2D eigenvalue weighted by atomic mass is 16.5. The first kappa shape index (κ1) is 13.1. The molecule has 0 aliphatic rings. The molecule has 0 heterocycles. The van der Waals surface area contributed by atoms with E-state index in [4.69, 9.17) is 5.11 Å². The van der Waals surface area contributed by atoms with E-state index in [1.807, 2.05) is 0 Å². The third-order valence-electron chi connectivity index (χ3n) is 0.596. The molecule has 0 spiro atoms. The number of hydrogen-bond donors (Lipinski definition) is 2. The van der Waals surface area contributed by atoms with Gasteiger partial charge in [0.05, 0.1) is 6.61 Å². The van der Waals surface area contributed by atoms with Crippen molar-refractivity contribution in [3.8, 4) is 0 Å². The Morgan fingerprint density at radius 3 is 2.08 bits per heavy atom. The van der Waals surface area contributed by atoms with Crippen molar-refractivity contribution in [2.75, 3.05) is 6.61 Å². The number of hydrogen-bond acceptors (Lipinski definition) is 3. The number of carbonyl (C=O) groups excluding carboxylic acids is 1. The second-order valence-electron chi connectivity index (χ2n) is 1.59. The molecular formula is C7H13NO4. The molecule has 0 aromatic rings. The lowest BCUT2D eigenvalue weighted by Crippen LogP contribution is -2.11. The van der Waals surface area contributed by atoms with Gasteiger partial charge in [-0.05, 0) is 13.8 Å². The Hall–Kier alpha value is -1.52. The summed E-state index contributed by atoms with van der Waals surface area (Å²) in [7, 11) is 0. The topological polar surface area (TPSA) is 89.6 Å². The van der Waals surface area contributed by atoms with Crippen molar-refractivity contribution in [2.45, 2.75) is 13.8 Å². The van der Waals surface area contributed by atoms with Gasteiger partial charge in [0.1, 0.15) is 0 Å². The van der Waals surface area contributed by atoms with Gasteiger partial charge in [-0.3, -0.25) is 0 Å². The van der Waals surface area contributed by atoms with Gasteiger partial charge >= 0.3 is 12.1 Å². The molecule has 0 aliphatic carbocycles. The number of rotatable bonds is 2. The maximum absolute atomic E-state index is 9.60. The maximum Gasteiger partial charge on any atom is 0.404 e. The van der Waals surface area contributed by atoms with E-state index in [-0.39, 0.29) is 0 Å². The van der Waals surface area contributed by atoms with E-state index in [2.05, 4.69) is 10.5 Å². The molecule has 0 saturated heterocycles. The summed E-state index contributed by atoms with van der Waals surface area (Å²) in [5, 5.41) is 7.83. The van der Waals surface area contributed by atoms with E-state index in [0.29, 0.717) is 6.61 Å². The molecule has 0 bridgehead atoms. The average molecular weight is 175 g/mol. The van der Waals surface area contributed by atoms with Gasteiger partial charge in [0.15, 0.2) is 0 Å². The van der Waals surface area contributed by atoms with Crippen molar-refractivity contribution >= 4 is 12.1 Å². The molecule has 12 heavy (non-hydrogen) atoms. The third kappa shape index (κ3) is 23.6. The zero-order valence-electron chi connectivity index (χ0n) is 7.11. The van der Waals surface area contributed by atoms with Crippen molar-refractivity contribution in [1.29, 1.82) is 0 Å². The summed E-state index contributed by atoms with van der Waals surface area (Å²) >= 11 is 0. The van der Waals surface area contributed by atoms with Crippen LogP contribution < -0.4 is 5.73 Å². The number of nitrogens with two attached hydrogens (primary N) is 1. The molecule has 0 rings (SSSR count). The summed E-state index contributed by atoms with van der Waals surface area (Å²) in [5.74, 6) is -0.891. The van der Waals surface area contributed by atoms with Gasteiger partial charge in [-0.1, -0.05) is 6.08 Å². The molecule has 0 aliphatic heterocycles. The van der Waals surface area contributed by atoms with Crippen molar-refractivity contribution in [3.05, 3.63) is 12.2 Å². The van der Waals surface area contributed by atoms with Gasteiger partial charge in [0.25, 0.3) is 0 Å². The minimum atomic E-state index is -0.891. The van der Waals surface area contributed by atoms with E-state index in [1.54, 1.807) is 13.8 Å². The van der Waals surface area contributed by atoms with E-state index in [9.17, 15) is 9.59 Å². The summed E-state index contributed by atoms with van der Waals surface area (Å²) in [5.41, 5.74) is 4.54. The molecule has 0 radical (unpaired) electrons. The number of aliphatic carboxylic acids is 1. The van der Waals surface area contributed by atoms with Gasteiger partial charge < -0.3 is 15.6 Å². The first-order chi connectivity index (χ1) is 5.54. The molecule has 0 saturated carbocycles. The van der Waals surface area contributed by atoms with E-state index in [1.165, 1.54) is 6.08 Å². The van der Waals surface area contributed by atoms with Crippen LogP contribution in [0.5, 0.6) is 0 Å². The summed E-state index contributed by atoms with van der Waals surface area (Å²) in [6, 6.07) is 0. The Morgan fingerprint density at radius 1 is 1.58 bits per heavy atom. The first-order valence-electron chi connectivity index (χ1n) is 3.32. The molecule has 1 amide bonds. The molecule has 0 unspecified atom stereocenters. The molecule has 0 aromatic carbocycles. The van der Waals surface area contributed by atoms with Crippen LogP contribution in [0, 0.1) is 0 Å². The van der Waals surface area contributed by atoms with Crippen molar-refractivity contribution in [1.82, 2.24) is 0 Å². The fourth-order valence-corrected chi connectivity index (χ4v) is 0.285. The molecule has 0 fully saturated rings. The fraction of sp³-hybridized carbons (Fsp3) is 0.429. The van der Waals surface area contributed by atoms with Crippen molar-refractivity contribution in [2.24, 2.45) is 5.73 Å². The maximum atomic E-state index is 9.60. The Bertz CT molecular complexity index is 165. The van der Waals surface area contributed by atoms with E-state index in [0.717, 1.165) is 6.08 Å². The zero-order valence-corrected chi connectivity index (χ0v) is 7.11. The van der Waals surface area contributed by atoms with Gasteiger partial charge in [-0.2, -0.15) is 0 Å². The number of amides is 1.